The van der Waals surface area contributed by atoms with E-state index in [0.717, 1.165) is 42.4 Å². The molecule has 25 heavy (non-hydrogen) atoms. The first kappa shape index (κ1) is 19.9. The monoisotopic (exact) mass is 370 g/mol. The summed E-state index contributed by atoms with van der Waals surface area (Å²) in [4.78, 5) is 5.13. The molecule has 1 atom stereocenters. The van der Waals surface area contributed by atoms with Gasteiger partial charge in [-0.05, 0) is 36.3 Å². The maximum Gasteiger partial charge on any atom is 0.416 e. The van der Waals surface area contributed by atoms with Gasteiger partial charge in [-0.15, -0.1) is 11.8 Å². The van der Waals surface area contributed by atoms with Gasteiger partial charge in [0.2, 0.25) is 0 Å². The number of halogens is 3. The quantitative estimate of drug-likeness (QED) is 0.540. The minimum Gasteiger partial charge on any atom is -0.331 e. The Labute approximate surface area is 151 Å². The average molecular weight is 370 g/mol. The number of hydrogen-bond donors (Lipinski definition) is 0. The number of alkyl halides is 3. The van der Waals surface area contributed by atoms with Gasteiger partial charge in [0, 0.05) is 29.4 Å². The van der Waals surface area contributed by atoms with Gasteiger partial charge in [-0.3, -0.25) is 0 Å². The second-order valence-corrected chi connectivity index (χ2v) is 7.68. The average Bonchev–Trinajstić information content (AvgIpc) is 2.88. The lowest BCUT2D eigenvalue weighted by Gasteiger charge is -2.14. The van der Waals surface area contributed by atoms with Crippen LogP contribution in [0.15, 0.2) is 29.3 Å². The number of hydrogen-bond acceptors (Lipinski definition) is 2. The fourth-order valence-electron chi connectivity index (χ4n) is 2.99. The standard InChI is InChI=1S/C19H25F3N2S/c1-5-7-13(3)10-15-12-23-18(24(15)4)16-9-8-14(19(20,21)22)11-17(16)25-6-2/h8-9,11-13H,5-7,10H2,1-4H3. The van der Waals surface area contributed by atoms with Crippen LogP contribution in [0.3, 0.4) is 0 Å². The van der Waals surface area contributed by atoms with Gasteiger partial charge in [0.25, 0.3) is 0 Å². The van der Waals surface area contributed by atoms with E-state index in [2.05, 4.69) is 18.8 Å². The van der Waals surface area contributed by atoms with Crippen LogP contribution < -0.4 is 0 Å². The molecule has 2 aromatic rings. The molecule has 2 rings (SSSR count). The van der Waals surface area contributed by atoms with Crippen LogP contribution >= 0.6 is 11.8 Å². The molecular formula is C19H25F3N2S. The van der Waals surface area contributed by atoms with Crippen LogP contribution in [-0.2, 0) is 19.6 Å². The molecule has 0 saturated carbocycles. The predicted octanol–water partition coefficient (Wildman–Crippen LogP) is 6.20. The largest absolute Gasteiger partial charge is 0.416 e. The molecule has 1 unspecified atom stereocenters. The van der Waals surface area contributed by atoms with E-state index in [4.69, 9.17) is 0 Å². The zero-order valence-corrected chi connectivity index (χ0v) is 16.0. The fourth-order valence-corrected chi connectivity index (χ4v) is 3.83. The zero-order chi connectivity index (χ0) is 18.6. The molecule has 2 nitrogen and oxygen atoms in total. The highest BCUT2D eigenvalue weighted by Gasteiger charge is 2.31. The topological polar surface area (TPSA) is 17.8 Å². The highest BCUT2D eigenvalue weighted by Crippen LogP contribution is 2.37. The molecule has 0 bridgehead atoms. The summed E-state index contributed by atoms with van der Waals surface area (Å²) in [5.74, 6) is 1.99. The second kappa shape index (κ2) is 8.30. The number of imidazole rings is 1. The van der Waals surface area contributed by atoms with E-state index < -0.39 is 11.7 Å². The first-order valence-electron chi connectivity index (χ1n) is 8.62. The van der Waals surface area contributed by atoms with Crippen molar-refractivity contribution in [3.05, 3.63) is 35.7 Å². The van der Waals surface area contributed by atoms with Crippen molar-refractivity contribution in [1.82, 2.24) is 9.55 Å². The van der Waals surface area contributed by atoms with Gasteiger partial charge in [-0.2, -0.15) is 13.2 Å². The third-order valence-electron chi connectivity index (χ3n) is 4.27. The van der Waals surface area contributed by atoms with Gasteiger partial charge in [-0.25, -0.2) is 4.98 Å². The van der Waals surface area contributed by atoms with Crippen molar-refractivity contribution >= 4 is 11.8 Å². The summed E-state index contributed by atoms with van der Waals surface area (Å²) < 4.78 is 41.0. The normalized spacial score (nSPS) is 13.2. The predicted molar refractivity (Wildman–Crippen MR) is 97.8 cm³/mol. The Bertz CT molecular complexity index is 707. The molecule has 0 fully saturated rings. The summed E-state index contributed by atoms with van der Waals surface area (Å²) in [5, 5.41) is 0. The Morgan fingerprint density at radius 3 is 2.56 bits per heavy atom. The van der Waals surface area contributed by atoms with Crippen molar-refractivity contribution in [2.45, 2.75) is 51.1 Å². The highest BCUT2D eigenvalue weighted by molar-refractivity contribution is 7.99. The van der Waals surface area contributed by atoms with Crippen molar-refractivity contribution in [3.8, 4) is 11.4 Å². The summed E-state index contributed by atoms with van der Waals surface area (Å²) in [6, 6.07) is 3.92. The fraction of sp³-hybridized carbons (Fsp3) is 0.526. The van der Waals surface area contributed by atoms with Crippen LogP contribution in [0.5, 0.6) is 0 Å². The van der Waals surface area contributed by atoms with Gasteiger partial charge < -0.3 is 4.57 Å². The molecule has 0 amide bonds. The van der Waals surface area contributed by atoms with Crippen LogP contribution in [0.25, 0.3) is 11.4 Å². The van der Waals surface area contributed by atoms with Crippen molar-refractivity contribution in [2.24, 2.45) is 13.0 Å². The highest BCUT2D eigenvalue weighted by atomic mass is 32.2. The molecule has 0 aliphatic carbocycles. The molecule has 1 aromatic heterocycles. The Morgan fingerprint density at radius 2 is 1.96 bits per heavy atom. The molecule has 0 aliphatic rings. The van der Waals surface area contributed by atoms with Crippen LogP contribution in [0.2, 0.25) is 0 Å². The number of aromatic nitrogens is 2. The van der Waals surface area contributed by atoms with Crippen LogP contribution in [0, 0.1) is 5.92 Å². The van der Waals surface area contributed by atoms with E-state index in [1.807, 2.05) is 24.7 Å². The minimum atomic E-state index is -4.33. The van der Waals surface area contributed by atoms with E-state index in [1.54, 1.807) is 6.07 Å². The molecule has 0 aliphatic heterocycles. The van der Waals surface area contributed by atoms with E-state index in [-0.39, 0.29) is 0 Å². The maximum absolute atomic E-state index is 13.0. The summed E-state index contributed by atoms with van der Waals surface area (Å²) in [7, 11) is 1.94. The summed E-state index contributed by atoms with van der Waals surface area (Å²) in [5.41, 5.74) is 1.26. The van der Waals surface area contributed by atoms with Crippen molar-refractivity contribution in [2.75, 3.05) is 5.75 Å². The summed E-state index contributed by atoms with van der Waals surface area (Å²) >= 11 is 1.41. The SMILES string of the molecule is CCCC(C)Cc1cnc(-c2ccc(C(F)(F)F)cc2SCC)n1C. The maximum atomic E-state index is 13.0. The van der Waals surface area contributed by atoms with Gasteiger partial charge in [-0.1, -0.05) is 33.6 Å². The van der Waals surface area contributed by atoms with Gasteiger partial charge in [0.1, 0.15) is 5.82 Å². The van der Waals surface area contributed by atoms with Crippen LogP contribution in [0.4, 0.5) is 13.2 Å². The minimum absolute atomic E-state index is 0.561. The van der Waals surface area contributed by atoms with Gasteiger partial charge >= 0.3 is 6.18 Å². The first-order chi connectivity index (χ1) is 11.8. The van der Waals surface area contributed by atoms with Crippen molar-refractivity contribution in [1.29, 1.82) is 0 Å². The Hall–Kier alpha value is -1.43. The van der Waals surface area contributed by atoms with E-state index in [9.17, 15) is 13.2 Å². The third-order valence-corrected chi connectivity index (χ3v) is 5.21. The van der Waals surface area contributed by atoms with E-state index in [1.165, 1.54) is 17.8 Å². The number of thioether (sulfide) groups is 1. The van der Waals surface area contributed by atoms with Crippen molar-refractivity contribution < 1.29 is 13.2 Å². The lowest BCUT2D eigenvalue weighted by Crippen LogP contribution is -2.07. The first-order valence-corrected chi connectivity index (χ1v) is 9.61. The Balaban J connectivity index is 2.39. The molecule has 1 heterocycles. The van der Waals surface area contributed by atoms with E-state index in [0.29, 0.717) is 16.6 Å². The molecule has 0 spiro atoms. The zero-order valence-electron chi connectivity index (χ0n) is 15.2. The summed E-state index contributed by atoms with van der Waals surface area (Å²) in [6.45, 7) is 6.32. The smallest absolute Gasteiger partial charge is 0.331 e. The molecule has 138 valence electrons. The van der Waals surface area contributed by atoms with E-state index >= 15 is 0 Å². The molecular weight excluding hydrogens is 345 g/mol. The molecule has 6 heteroatoms. The van der Waals surface area contributed by atoms with Crippen molar-refractivity contribution in [3.63, 3.8) is 0 Å². The van der Waals surface area contributed by atoms with Crippen LogP contribution in [-0.4, -0.2) is 15.3 Å². The third kappa shape index (κ3) is 4.81. The molecule has 1 aromatic carbocycles. The number of rotatable bonds is 7. The van der Waals surface area contributed by atoms with Gasteiger partial charge in [0.15, 0.2) is 0 Å². The lowest BCUT2D eigenvalue weighted by atomic mass is 10.0. The van der Waals surface area contributed by atoms with Gasteiger partial charge in [0.05, 0.1) is 5.56 Å². The number of benzene rings is 1. The number of nitrogens with zero attached hydrogens (tertiary/aromatic N) is 2. The second-order valence-electron chi connectivity index (χ2n) is 6.37. The lowest BCUT2D eigenvalue weighted by molar-refractivity contribution is -0.137. The molecule has 0 N–H and O–H groups in total. The van der Waals surface area contributed by atoms with Crippen LogP contribution in [0.1, 0.15) is 44.9 Å². The molecule has 0 saturated heterocycles. The Morgan fingerprint density at radius 1 is 1.24 bits per heavy atom. The Kier molecular flexibility index (Phi) is 6.60. The molecule has 0 radical (unpaired) electrons. The summed E-state index contributed by atoms with van der Waals surface area (Å²) in [6.07, 6.45) is 0.734.